The second-order valence-corrected chi connectivity index (χ2v) is 6.21. The summed E-state index contributed by atoms with van der Waals surface area (Å²) in [4.78, 5) is 19.9. The number of anilines is 1. The smallest absolute Gasteiger partial charge is 0.225 e. The number of morpholine rings is 1. The first-order chi connectivity index (χ1) is 11.8. The van der Waals surface area contributed by atoms with Crippen molar-refractivity contribution < 1.29 is 4.74 Å². The van der Waals surface area contributed by atoms with Crippen LogP contribution in [-0.2, 0) is 4.74 Å². The number of nitrogens with zero attached hydrogens (tertiary/aromatic N) is 6. The number of hydrogen-bond donors (Lipinski definition) is 1. The van der Waals surface area contributed by atoms with Crippen molar-refractivity contribution in [3.8, 4) is 0 Å². The molecule has 1 unspecified atom stereocenters. The van der Waals surface area contributed by atoms with E-state index in [0.717, 1.165) is 64.3 Å². The summed E-state index contributed by atoms with van der Waals surface area (Å²) < 4.78 is 5.80. The molecule has 140 valence electrons. The predicted molar refractivity (Wildman–Crippen MR) is 110 cm³/mol. The summed E-state index contributed by atoms with van der Waals surface area (Å²) >= 11 is 0. The number of piperazine rings is 1. The van der Waals surface area contributed by atoms with Gasteiger partial charge in [0.05, 0.1) is 12.7 Å². The highest BCUT2D eigenvalue weighted by Crippen LogP contribution is 2.10. The number of rotatable bonds is 3. The van der Waals surface area contributed by atoms with Crippen LogP contribution in [0, 0.1) is 0 Å². The van der Waals surface area contributed by atoms with Gasteiger partial charge in [-0.2, -0.15) is 0 Å². The number of aromatic nitrogens is 2. The second kappa shape index (κ2) is 10.1. The summed E-state index contributed by atoms with van der Waals surface area (Å²) in [6.45, 7) is 7.17. The van der Waals surface area contributed by atoms with E-state index >= 15 is 0 Å². The van der Waals surface area contributed by atoms with Crippen molar-refractivity contribution >= 4 is 35.9 Å². The van der Waals surface area contributed by atoms with Gasteiger partial charge < -0.3 is 24.8 Å². The molecule has 3 heterocycles. The zero-order chi connectivity index (χ0) is 16.8. The zero-order valence-corrected chi connectivity index (χ0v) is 17.3. The molecule has 1 aromatic heterocycles. The first-order valence-electron chi connectivity index (χ1n) is 8.54. The van der Waals surface area contributed by atoms with E-state index in [9.17, 15) is 0 Å². The highest BCUT2D eigenvalue weighted by atomic mass is 127. The van der Waals surface area contributed by atoms with Gasteiger partial charge in [-0.3, -0.25) is 4.99 Å². The Bertz CT molecular complexity index is 537. The Morgan fingerprint density at radius 3 is 2.60 bits per heavy atom. The van der Waals surface area contributed by atoms with Crippen LogP contribution in [0.3, 0.4) is 0 Å². The van der Waals surface area contributed by atoms with Crippen LogP contribution in [0.4, 0.5) is 5.95 Å². The molecule has 0 saturated carbocycles. The highest BCUT2D eigenvalue weighted by Gasteiger charge is 2.23. The van der Waals surface area contributed by atoms with Crippen molar-refractivity contribution in [2.45, 2.75) is 6.10 Å². The Morgan fingerprint density at radius 1 is 1.24 bits per heavy atom. The summed E-state index contributed by atoms with van der Waals surface area (Å²) in [5.74, 6) is 1.75. The van der Waals surface area contributed by atoms with Gasteiger partial charge in [-0.25, -0.2) is 9.97 Å². The van der Waals surface area contributed by atoms with Crippen LogP contribution in [0.1, 0.15) is 0 Å². The van der Waals surface area contributed by atoms with Gasteiger partial charge in [-0.05, 0) is 13.1 Å². The molecule has 1 atom stereocenters. The molecule has 2 aliphatic heterocycles. The fraction of sp³-hybridized carbons (Fsp3) is 0.688. The lowest BCUT2D eigenvalue weighted by Gasteiger charge is -2.37. The third kappa shape index (κ3) is 5.65. The Labute approximate surface area is 166 Å². The average Bonchev–Trinajstić information content (AvgIpc) is 2.64. The molecule has 9 heteroatoms. The number of likely N-dealkylation sites (N-methyl/N-ethyl adjacent to an activating group) is 1. The molecule has 1 aromatic rings. The highest BCUT2D eigenvalue weighted by molar-refractivity contribution is 14.0. The Morgan fingerprint density at radius 2 is 1.96 bits per heavy atom. The Hall–Kier alpha value is -1.20. The summed E-state index contributed by atoms with van der Waals surface area (Å²) in [5, 5.41) is 3.46. The first kappa shape index (κ1) is 20.1. The van der Waals surface area contributed by atoms with Crippen molar-refractivity contribution in [3.63, 3.8) is 0 Å². The van der Waals surface area contributed by atoms with Gasteiger partial charge >= 0.3 is 0 Å². The fourth-order valence-corrected chi connectivity index (χ4v) is 3.10. The molecule has 0 amide bonds. The first-order valence-corrected chi connectivity index (χ1v) is 8.54. The lowest BCUT2D eigenvalue weighted by Crippen LogP contribution is -2.54. The minimum Gasteiger partial charge on any atom is -0.374 e. The number of ether oxygens (including phenoxy) is 1. The largest absolute Gasteiger partial charge is 0.374 e. The maximum atomic E-state index is 5.80. The Kier molecular flexibility index (Phi) is 8.10. The monoisotopic (exact) mass is 461 g/mol. The van der Waals surface area contributed by atoms with E-state index in [0.29, 0.717) is 0 Å². The lowest BCUT2D eigenvalue weighted by molar-refractivity contribution is -0.0163. The number of aliphatic imine (C=N–C) groups is 1. The van der Waals surface area contributed by atoms with Gasteiger partial charge in [0.25, 0.3) is 0 Å². The molecule has 2 fully saturated rings. The number of hydrogen-bond acceptors (Lipinski definition) is 6. The van der Waals surface area contributed by atoms with Crippen LogP contribution in [0.25, 0.3) is 0 Å². The molecule has 2 aliphatic rings. The summed E-state index contributed by atoms with van der Waals surface area (Å²) in [5.41, 5.74) is 0. The Balaban J connectivity index is 0.00000225. The zero-order valence-electron chi connectivity index (χ0n) is 15.0. The third-order valence-electron chi connectivity index (χ3n) is 4.46. The second-order valence-electron chi connectivity index (χ2n) is 6.21. The van der Waals surface area contributed by atoms with E-state index in [-0.39, 0.29) is 30.1 Å². The molecular weight excluding hydrogens is 433 g/mol. The predicted octanol–water partition coefficient (Wildman–Crippen LogP) is 0.123. The fourth-order valence-electron chi connectivity index (χ4n) is 3.10. The van der Waals surface area contributed by atoms with E-state index in [1.165, 1.54) is 0 Å². The number of nitrogens with one attached hydrogen (secondary N) is 1. The van der Waals surface area contributed by atoms with Gasteiger partial charge in [-0.1, -0.05) is 0 Å². The topological polar surface area (TPSA) is 69.1 Å². The molecule has 3 rings (SSSR count). The maximum Gasteiger partial charge on any atom is 0.225 e. The minimum atomic E-state index is 0. The van der Waals surface area contributed by atoms with Crippen molar-refractivity contribution in [2.24, 2.45) is 4.99 Å². The third-order valence-corrected chi connectivity index (χ3v) is 4.46. The van der Waals surface area contributed by atoms with Crippen molar-refractivity contribution in [3.05, 3.63) is 18.5 Å². The van der Waals surface area contributed by atoms with Gasteiger partial charge in [0.15, 0.2) is 5.96 Å². The van der Waals surface area contributed by atoms with Crippen molar-refractivity contribution in [2.75, 3.05) is 71.4 Å². The minimum absolute atomic E-state index is 0. The molecule has 2 saturated heterocycles. The van der Waals surface area contributed by atoms with Gasteiger partial charge in [0.1, 0.15) is 0 Å². The molecule has 1 N–H and O–H groups in total. The molecule has 0 radical (unpaired) electrons. The van der Waals surface area contributed by atoms with Crippen LogP contribution in [0.5, 0.6) is 0 Å². The summed E-state index contributed by atoms with van der Waals surface area (Å²) in [6, 6.07) is 1.84. The van der Waals surface area contributed by atoms with E-state index in [1.807, 2.05) is 13.1 Å². The lowest BCUT2D eigenvalue weighted by atomic mass is 10.3. The van der Waals surface area contributed by atoms with Crippen LogP contribution in [-0.4, -0.2) is 98.3 Å². The average molecular weight is 461 g/mol. The van der Waals surface area contributed by atoms with E-state index in [1.54, 1.807) is 12.4 Å². The van der Waals surface area contributed by atoms with Gasteiger partial charge in [0, 0.05) is 65.3 Å². The molecule has 25 heavy (non-hydrogen) atoms. The van der Waals surface area contributed by atoms with Crippen LogP contribution in [0.15, 0.2) is 23.5 Å². The SMILES string of the molecule is CN=C(NCC1CN(C)CCO1)N1CCN(c2ncccn2)CC1.I. The van der Waals surface area contributed by atoms with Crippen molar-refractivity contribution in [1.82, 2.24) is 25.1 Å². The van der Waals surface area contributed by atoms with Gasteiger partial charge in [0.2, 0.25) is 5.95 Å². The molecule has 0 aliphatic carbocycles. The van der Waals surface area contributed by atoms with Crippen molar-refractivity contribution in [1.29, 1.82) is 0 Å². The van der Waals surface area contributed by atoms with Gasteiger partial charge in [-0.15, -0.1) is 24.0 Å². The molecule has 0 spiro atoms. The number of guanidine groups is 1. The van der Waals surface area contributed by atoms with E-state index in [4.69, 9.17) is 4.74 Å². The van der Waals surface area contributed by atoms with E-state index < -0.39 is 0 Å². The number of halogens is 1. The molecule has 8 nitrogen and oxygen atoms in total. The van der Waals surface area contributed by atoms with Crippen LogP contribution < -0.4 is 10.2 Å². The molecule has 0 bridgehead atoms. The maximum absolute atomic E-state index is 5.80. The van der Waals surface area contributed by atoms with E-state index in [2.05, 4.69) is 42.0 Å². The summed E-state index contributed by atoms with van der Waals surface area (Å²) in [6.07, 6.45) is 3.80. The standard InChI is InChI=1S/C16H27N7O.HI/c1-17-15(20-12-14-13-21(2)10-11-24-14)22-6-8-23(9-7-22)16-18-4-3-5-19-16;/h3-5,14H,6-13H2,1-2H3,(H,17,20);1H. The molecular formula is C16H28IN7O. The van der Waals surface area contributed by atoms with Crippen LogP contribution in [0.2, 0.25) is 0 Å². The van der Waals surface area contributed by atoms with Crippen LogP contribution >= 0.6 is 24.0 Å². The quantitative estimate of drug-likeness (QED) is 0.390. The normalized spacial score (nSPS) is 22.5. The molecule has 0 aromatic carbocycles. The summed E-state index contributed by atoms with van der Waals surface area (Å²) in [7, 11) is 3.97.